The molecule has 1 unspecified atom stereocenters. The second-order valence-electron chi connectivity index (χ2n) is 4.21. The number of carbonyl (C=O) groups excluding carboxylic acids is 1. The predicted molar refractivity (Wildman–Crippen MR) is 64.7 cm³/mol. The molecule has 0 radical (unpaired) electrons. The average Bonchev–Trinajstić information content (AvgIpc) is 2.22. The highest BCUT2D eigenvalue weighted by Crippen LogP contribution is 2.22. The minimum absolute atomic E-state index is 0.268. The van der Waals surface area contributed by atoms with Gasteiger partial charge in [0.15, 0.2) is 6.04 Å². The molecule has 0 bridgehead atoms. The Morgan fingerprint density at radius 2 is 1.82 bits per heavy atom. The maximum Gasteiger partial charge on any atom is 0.331 e. The summed E-state index contributed by atoms with van der Waals surface area (Å²) in [5.74, 6) is -1.29. The van der Waals surface area contributed by atoms with E-state index in [1.807, 2.05) is 26.0 Å². The molecular formula is C13H17NO3. The van der Waals surface area contributed by atoms with Crippen molar-refractivity contribution in [2.24, 2.45) is 0 Å². The van der Waals surface area contributed by atoms with Gasteiger partial charge < -0.3 is 10.0 Å². The Bertz CT molecular complexity index is 454. The molecule has 92 valence electrons. The summed E-state index contributed by atoms with van der Waals surface area (Å²) < 4.78 is 0. The number of hydrogen-bond donors (Lipinski definition) is 1. The quantitative estimate of drug-likeness (QED) is 0.870. The molecule has 1 aromatic carbocycles. The van der Waals surface area contributed by atoms with Gasteiger partial charge in [-0.25, -0.2) is 4.79 Å². The highest BCUT2D eigenvalue weighted by molar-refractivity contribution is 5.83. The van der Waals surface area contributed by atoms with Crippen LogP contribution in [0.5, 0.6) is 0 Å². The van der Waals surface area contributed by atoms with Crippen LogP contribution in [0.25, 0.3) is 0 Å². The molecule has 1 amide bonds. The number of aryl methyl sites for hydroxylation is 2. The number of carbonyl (C=O) groups is 2. The highest BCUT2D eigenvalue weighted by atomic mass is 16.4. The minimum Gasteiger partial charge on any atom is -0.479 e. The van der Waals surface area contributed by atoms with Crippen LogP contribution >= 0.6 is 0 Å². The fraction of sp³-hybridized carbons (Fsp3) is 0.385. The molecule has 4 nitrogen and oxygen atoms in total. The van der Waals surface area contributed by atoms with Crippen molar-refractivity contribution in [2.75, 3.05) is 7.05 Å². The zero-order chi connectivity index (χ0) is 13.2. The molecule has 0 aliphatic heterocycles. The number of amides is 1. The van der Waals surface area contributed by atoms with Crippen molar-refractivity contribution in [1.82, 2.24) is 4.90 Å². The molecule has 1 aromatic rings. The summed E-state index contributed by atoms with van der Waals surface area (Å²) in [7, 11) is 1.50. The van der Waals surface area contributed by atoms with Crippen molar-refractivity contribution in [1.29, 1.82) is 0 Å². The SMILES string of the molecule is CC(=O)N(C)C(C(=O)O)c1ccc(C)c(C)c1. The molecule has 0 spiro atoms. The lowest BCUT2D eigenvalue weighted by Crippen LogP contribution is -2.34. The predicted octanol–water partition coefficient (Wildman–Crippen LogP) is 1.91. The summed E-state index contributed by atoms with van der Waals surface area (Å²) in [5.41, 5.74) is 2.74. The fourth-order valence-corrected chi connectivity index (χ4v) is 1.65. The largest absolute Gasteiger partial charge is 0.479 e. The van der Waals surface area contributed by atoms with Crippen LogP contribution in [0.1, 0.15) is 29.7 Å². The molecule has 1 rings (SSSR count). The number of aliphatic carboxylic acids is 1. The van der Waals surface area contributed by atoms with E-state index in [9.17, 15) is 14.7 Å². The van der Waals surface area contributed by atoms with Gasteiger partial charge in [0.05, 0.1) is 0 Å². The third-order valence-electron chi connectivity index (χ3n) is 2.96. The Morgan fingerprint density at radius 1 is 1.24 bits per heavy atom. The third-order valence-corrected chi connectivity index (χ3v) is 2.96. The van der Waals surface area contributed by atoms with Gasteiger partial charge in [-0.1, -0.05) is 18.2 Å². The number of carboxylic acids is 1. The Kier molecular flexibility index (Phi) is 3.89. The van der Waals surface area contributed by atoms with E-state index < -0.39 is 12.0 Å². The second-order valence-corrected chi connectivity index (χ2v) is 4.21. The lowest BCUT2D eigenvalue weighted by atomic mass is 10.0. The summed E-state index contributed by atoms with van der Waals surface area (Å²) in [4.78, 5) is 23.8. The molecule has 1 atom stereocenters. The van der Waals surface area contributed by atoms with Crippen LogP contribution in [0.3, 0.4) is 0 Å². The topological polar surface area (TPSA) is 57.6 Å². The molecule has 17 heavy (non-hydrogen) atoms. The van der Waals surface area contributed by atoms with E-state index in [1.165, 1.54) is 18.9 Å². The number of hydrogen-bond acceptors (Lipinski definition) is 2. The molecule has 0 saturated carbocycles. The number of likely N-dealkylation sites (N-methyl/N-ethyl adjacent to an activating group) is 1. The van der Waals surface area contributed by atoms with E-state index >= 15 is 0 Å². The van der Waals surface area contributed by atoms with Gasteiger partial charge in [-0.2, -0.15) is 0 Å². The molecule has 1 N–H and O–H groups in total. The van der Waals surface area contributed by atoms with E-state index in [4.69, 9.17) is 0 Å². The summed E-state index contributed by atoms with van der Waals surface area (Å²) in [6.07, 6.45) is 0. The summed E-state index contributed by atoms with van der Waals surface area (Å²) in [6.45, 7) is 5.24. The molecule has 0 heterocycles. The monoisotopic (exact) mass is 235 g/mol. The maximum absolute atomic E-state index is 11.3. The van der Waals surface area contributed by atoms with Gasteiger partial charge in [0.25, 0.3) is 0 Å². The summed E-state index contributed by atoms with van der Waals surface area (Å²) in [6, 6.07) is 4.51. The molecule has 0 saturated heterocycles. The average molecular weight is 235 g/mol. The van der Waals surface area contributed by atoms with Gasteiger partial charge in [-0.3, -0.25) is 4.79 Å². The number of benzene rings is 1. The second kappa shape index (κ2) is 4.99. The van der Waals surface area contributed by atoms with E-state index in [-0.39, 0.29) is 5.91 Å². The Hall–Kier alpha value is -1.84. The first-order chi connectivity index (χ1) is 7.84. The normalized spacial score (nSPS) is 12.0. The molecule has 0 aromatic heterocycles. The molecule has 0 aliphatic rings. The first-order valence-electron chi connectivity index (χ1n) is 5.38. The number of rotatable bonds is 3. The standard InChI is InChI=1S/C13H17NO3/c1-8-5-6-11(7-9(8)2)12(13(16)17)14(4)10(3)15/h5-7,12H,1-4H3,(H,16,17). The fourth-order valence-electron chi connectivity index (χ4n) is 1.65. The number of carboxylic acid groups (broad SMARTS) is 1. The maximum atomic E-state index is 11.3. The molecule has 0 aliphatic carbocycles. The smallest absolute Gasteiger partial charge is 0.331 e. The van der Waals surface area contributed by atoms with Gasteiger partial charge in [-0.05, 0) is 30.5 Å². The van der Waals surface area contributed by atoms with E-state index in [0.29, 0.717) is 5.56 Å². The summed E-state index contributed by atoms with van der Waals surface area (Å²) in [5, 5.41) is 9.21. The van der Waals surface area contributed by atoms with Crippen molar-refractivity contribution >= 4 is 11.9 Å². The van der Waals surface area contributed by atoms with E-state index in [2.05, 4.69) is 0 Å². The van der Waals surface area contributed by atoms with Crippen molar-refractivity contribution in [2.45, 2.75) is 26.8 Å². The Labute approximate surface area is 101 Å². The van der Waals surface area contributed by atoms with Gasteiger partial charge >= 0.3 is 5.97 Å². The van der Waals surface area contributed by atoms with Gasteiger partial charge in [0.2, 0.25) is 5.91 Å². The van der Waals surface area contributed by atoms with Gasteiger partial charge in [0, 0.05) is 14.0 Å². The Balaban J connectivity index is 3.19. The van der Waals surface area contributed by atoms with Crippen molar-refractivity contribution in [3.05, 3.63) is 34.9 Å². The molecular weight excluding hydrogens is 218 g/mol. The van der Waals surface area contributed by atoms with E-state index in [1.54, 1.807) is 6.07 Å². The highest BCUT2D eigenvalue weighted by Gasteiger charge is 2.26. The lowest BCUT2D eigenvalue weighted by Gasteiger charge is -2.24. The third kappa shape index (κ3) is 2.84. The molecule has 4 heteroatoms. The van der Waals surface area contributed by atoms with Gasteiger partial charge in [0.1, 0.15) is 0 Å². The lowest BCUT2D eigenvalue weighted by molar-refractivity contribution is -0.148. The van der Waals surface area contributed by atoms with Crippen LogP contribution in [0.15, 0.2) is 18.2 Å². The first-order valence-corrected chi connectivity index (χ1v) is 5.38. The van der Waals surface area contributed by atoms with Gasteiger partial charge in [-0.15, -0.1) is 0 Å². The summed E-state index contributed by atoms with van der Waals surface area (Å²) >= 11 is 0. The number of nitrogens with zero attached hydrogens (tertiary/aromatic N) is 1. The minimum atomic E-state index is -1.02. The zero-order valence-corrected chi connectivity index (χ0v) is 10.5. The van der Waals surface area contributed by atoms with Crippen LogP contribution in [-0.2, 0) is 9.59 Å². The van der Waals surface area contributed by atoms with Crippen molar-refractivity contribution in [3.8, 4) is 0 Å². The zero-order valence-electron chi connectivity index (χ0n) is 10.5. The van der Waals surface area contributed by atoms with Crippen LogP contribution in [0, 0.1) is 13.8 Å². The van der Waals surface area contributed by atoms with Crippen LogP contribution in [0.2, 0.25) is 0 Å². The van der Waals surface area contributed by atoms with Crippen LogP contribution in [0.4, 0.5) is 0 Å². The van der Waals surface area contributed by atoms with Crippen molar-refractivity contribution < 1.29 is 14.7 Å². The first kappa shape index (κ1) is 13.2. The van der Waals surface area contributed by atoms with Crippen molar-refractivity contribution in [3.63, 3.8) is 0 Å². The van der Waals surface area contributed by atoms with E-state index in [0.717, 1.165) is 11.1 Å². The Morgan fingerprint density at radius 3 is 2.24 bits per heavy atom. The van der Waals surface area contributed by atoms with Crippen LogP contribution in [-0.4, -0.2) is 28.9 Å². The molecule has 0 fully saturated rings. The van der Waals surface area contributed by atoms with Crippen LogP contribution < -0.4 is 0 Å².